The summed E-state index contributed by atoms with van der Waals surface area (Å²) < 4.78 is 31.4. The molecule has 0 heterocycles. The van der Waals surface area contributed by atoms with Crippen LogP contribution in [0.1, 0.15) is 6.92 Å². The summed E-state index contributed by atoms with van der Waals surface area (Å²) in [6.07, 6.45) is 1.01. The lowest BCUT2D eigenvalue weighted by Crippen LogP contribution is -2.48. The van der Waals surface area contributed by atoms with Crippen LogP contribution in [0.15, 0.2) is 60.7 Å². The molecule has 0 aliphatic rings. The molecule has 9 heteroatoms. The second-order valence-electron chi connectivity index (χ2n) is 6.98. The lowest BCUT2D eigenvalue weighted by atomic mass is 10.1. The Hall–Kier alpha value is -2.48. The Morgan fingerprint density at radius 3 is 2.48 bits per heavy atom. The number of benzene rings is 3. The van der Waals surface area contributed by atoms with Gasteiger partial charge in [0.15, 0.2) is 0 Å². The van der Waals surface area contributed by atoms with Gasteiger partial charge in [-0.25, -0.2) is 8.42 Å². The zero-order valence-electron chi connectivity index (χ0n) is 17.0. The summed E-state index contributed by atoms with van der Waals surface area (Å²) >= 11 is 12.2. The van der Waals surface area contributed by atoms with Gasteiger partial charge in [-0.15, -0.1) is 0 Å². The van der Waals surface area contributed by atoms with Crippen molar-refractivity contribution < 1.29 is 17.9 Å². The number of sulfonamides is 1. The van der Waals surface area contributed by atoms with E-state index in [0.717, 1.165) is 21.3 Å². The van der Waals surface area contributed by atoms with Gasteiger partial charge < -0.3 is 10.1 Å². The molecule has 0 aromatic heterocycles. The molecule has 3 aromatic carbocycles. The molecule has 0 aliphatic heterocycles. The number of carbonyl (C=O) groups is 1. The number of halogens is 2. The van der Waals surface area contributed by atoms with Crippen molar-refractivity contribution in [3.05, 3.63) is 70.7 Å². The van der Waals surface area contributed by atoms with Crippen molar-refractivity contribution in [3.8, 4) is 5.75 Å². The van der Waals surface area contributed by atoms with Crippen molar-refractivity contribution in [2.45, 2.75) is 13.0 Å². The molecule has 1 atom stereocenters. The fourth-order valence-electron chi connectivity index (χ4n) is 3.18. The van der Waals surface area contributed by atoms with Gasteiger partial charge in [-0.1, -0.05) is 53.5 Å². The number of anilines is 1. The number of hydrogen-bond donors (Lipinski definition) is 1. The first-order valence-corrected chi connectivity index (χ1v) is 12.1. The highest BCUT2D eigenvalue weighted by molar-refractivity contribution is 7.92. The van der Waals surface area contributed by atoms with E-state index in [1.807, 2.05) is 42.5 Å². The fourth-order valence-corrected chi connectivity index (χ4v) is 4.79. The second kappa shape index (κ2) is 9.77. The topological polar surface area (TPSA) is 75.7 Å². The Kier molecular flexibility index (Phi) is 7.30. The average molecular weight is 481 g/mol. The van der Waals surface area contributed by atoms with Gasteiger partial charge in [0, 0.05) is 5.02 Å². The van der Waals surface area contributed by atoms with Gasteiger partial charge in [-0.05, 0) is 48.0 Å². The van der Waals surface area contributed by atoms with Crippen LogP contribution < -0.4 is 14.4 Å². The molecule has 0 unspecified atom stereocenters. The molecule has 1 amide bonds. The van der Waals surface area contributed by atoms with Crippen molar-refractivity contribution in [2.24, 2.45) is 0 Å². The molecular weight excluding hydrogens is 459 g/mol. The quantitative estimate of drug-likeness (QED) is 0.481. The molecular formula is C22H22Cl2N2O4S. The predicted octanol–water partition coefficient (Wildman–Crippen LogP) is 4.50. The van der Waals surface area contributed by atoms with E-state index < -0.39 is 22.0 Å². The number of fused-ring (bicyclic) bond motifs is 1. The molecule has 3 rings (SSSR count). The molecule has 164 valence electrons. The summed E-state index contributed by atoms with van der Waals surface area (Å²) in [7, 11) is -3.80. The Labute approximate surface area is 191 Å². The molecule has 1 N–H and O–H groups in total. The van der Waals surface area contributed by atoms with E-state index in [-0.39, 0.29) is 23.9 Å². The lowest BCUT2D eigenvalue weighted by molar-refractivity contribution is -0.121. The molecule has 3 aromatic rings. The monoisotopic (exact) mass is 480 g/mol. The van der Waals surface area contributed by atoms with Gasteiger partial charge in [0.1, 0.15) is 18.4 Å². The van der Waals surface area contributed by atoms with Crippen LogP contribution in [0.3, 0.4) is 0 Å². The van der Waals surface area contributed by atoms with Gasteiger partial charge >= 0.3 is 0 Å². The van der Waals surface area contributed by atoms with Crippen LogP contribution in [0, 0.1) is 0 Å². The maximum Gasteiger partial charge on any atom is 0.243 e. The molecule has 31 heavy (non-hydrogen) atoms. The van der Waals surface area contributed by atoms with E-state index >= 15 is 0 Å². The molecule has 0 bridgehead atoms. The Morgan fingerprint density at radius 1 is 1.06 bits per heavy atom. The average Bonchev–Trinajstić information content (AvgIpc) is 2.72. The highest BCUT2D eigenvalue weighted by Crippen LogP contribution is 2.32. The van der Waals surface area contributed by atoms with E-state index in [0.29, 0.717) is 10.8 Å². The summed E-state index contributed by atoms with van der Waals surface area (Å²) in [6.45, 7) is 1.92. The normalized spacial score (nSPS) is 12.4. The summed E-state index contributed by atoms with van der Waals surface area (Å²) in [4.78, 5) is 12.6. The van der Waals surface area contributed by atoms with Crippen LogP contribution in [0.4, 0.5) is 5.69 Å². The predicted molar refractivity (Wildman–Crippen MR) is 126 cm³/mol. The molecule has 0 saturated heterocycles. The number of amides is 1. The first-order chi connectivity index (χ1) is 14.7. The van der Waals surface area contributed by atoms with Gasteiger partial charge in [0.05, 0.1) is 23.5 Å². The molecule has 6 nitrogen and oxygen atoms in total. The van der Waals surface area contributed by atoms with E-state index in [4.69, 9.17) is 27.9 Å². The highest BCUT2D eigenvalue weighted by Gasteiger charge is 2.30. The fraction of sp³-hybridized carbons (Fsp3) is 0.227. The van der Waals surface area contributed by atoms with Crippen molar-refractivity contribution >= 4 is 55.6 Å². The first-order valence-electron chi connectivity index (χ1n) is 9.50. The second-order valence-corrected chi connectivity index (χ2v) is 9.68. The number of carbonyl (C=O) groups excluding carboxylic acids is 1. The highest BCUT2D eigenvalue weighted by atomic mass is 35.5. The lowest BCUT2D eigenvalue weighted by Gasteiger charge is -2.29. The summed E-state index contributed by atoms with van der Waals surface area (Å²) in [5.41, 5.74) is 0.145. The molecule has 0 aliphatic carbocycles. The third-order valence-corrected chi connectivity index (χ3v) is 6.41. The van der Waals surface area contributed by atoms with Crippen molar-refractivity contribution in [1.29, 1.82) is 0 Å². The van der Waals surface area contributed by atoms with Crippen LogP contribution in [-0.4, -0.2) is 39.8 Å². The maximum absolute atomic E-state index is 12.6. The number of ether oxygens (including phenoxy) is 1. The number of hydrogen-bond acceptors (Lipinski definition) is 4. The SMILES string of the molecule is C[C@H](C(=O)NCCOc1ccc2ccccc2c1)N(c1cc(Cl)ccc1Cl)S(C)(=O)=O. The van der Waals surface area contributed by atoms with Crippen molar-refractivity contribution in [2.75, 3.05) is 23.7 Å². The third-order valence-electron chi connectivity index (χ3n) is 4.63. The summed E-state index contributed by atoms with van der Waals surface area (Å²) in [5.74, 6) is 0.202. The maximum atomic E-state index is 12.6. The van der Waals surface area contributed by atoms with Crippen LogP contribution in [-0.2, 0) is 14.8 Å². The Morgan fingerprint density at radius 2 is 1.77 bits per heavy atom. The summed E-state index contributed by atoms with van der Waals surface area (Å²) in [6, 6.07) is 17.1. The third kappa shape index (κ3) is 5.81. The zero-order chi connectivity index (χ0) is 22.6. The molecule has 0 spiro atoms. The molecule has 0 fully saturated rings. The molecule has 0 radical (unpaired) electrons. The van der Waals surface area contributed by atoms with Crippen LogP contribution in [0.25, 0.3) is 10.8 Å². The van der Waals surface area contributed by atoms with Gasteiger partial charge in [0.2, 0.25) is 15.9 Å². The first kappa shape index (κ1) is 23.2. The zero-order valence-corrected chi connectivity index (χ0v) is 19.3. The summed E-state index contributed by atoms with van der Waals surface area (Å²) in [5, 5.41) is 5.35. The minimum Gasteiger partial charge on any atom is -0.492 e. The van der Waals surface area contributed by atoms with Gasteiger partial charge in [-0.3, -0.25) is 9.10 Å². The Balaban J connectivity index is 1.63. The van der Waals surface area contributed by atoms with E-state index in [2.05, 4.69) is 5.32 Å². The number of nitrogens with one attached hydrogen (secondary N) is 1. The van der Waals surface area contributed by atoms with Crippen LogP contribution >= 0.6 is 23.2 Å². The standard InChI is InChI=1S/C22H22Cl2N2O4S/c1-15(26(31(2,28)29)21-14-18(23)8-10-20(21)24)22(27)25-11-12-30-19-9-7-16-5-3-4-6-17(16)13-19/h3-10,13-15H,11-12H2,1-2H3,(H,25,27)/t15-/m1/s1. The largest absolute Gasteiger partial charge is 0.492 e. The van der Waals surface area contributed by atoms with E-state index in [1.165, 1.54) is 19.1 Å². The van der Waals surface area contributed by atoms with Crippen molar-refractivity contribution in [1.82, 2.24) is 5.32 Å². The number of rotatable bonds is 8. The van der Waals surface area contributed by atoms with E-state index in [1.54, 1.807) is 6.07 Å². The van der Waals surface area contributed by atoms with Gasteiger partial charge in [0.25, 0.3) is 0 Å². The Bertz CT molecular complexity index is 1200. The van der Waals surface area contributed by atoms with Crippen molar-refractivity contribution in [3.63, 3.8) is 0 Å². The van der Waals surface area contributed by atoms with Gasteiger partial charge in [-0.2, -0.15) is 0 Å². The molecule has 0 saturated carbocycles. The minimum absolute atomic E-state index is 0.145. The minimum atomic E-state index is -3.80. The van der Waals surface area contributed by atoms with Crippen LogP contribution in [0.2, 0.25) is 10.0 Å². The van der Waals surface area contributed by atoms with Crippen LogP contribution in [0.5, 0.6) is 5.75 Å². The van der Waals surface area contributed by atoms with E-state index in [9.17, 15) is 13.2 Å². The smallest absolute Gasteiger partial charge is 0.243 e. The number of nitrogens with zero attached hydrogens (tertiary/aromatic N) is 1.